The Labute approximate surface area is 147 Å². The Morgan fingerprint density at radius 1 is 1.32 bits per heavy atom. The van der Waals surface area contributed by atoms with Gasteiger partial charge in [0.2, 0.25) is 0 Å². The molecule has 1 fully saturated rings. The Morgan fingerprint density at radius 2 is 2.08 bits per heavy atom. The summed E-state index contributed by atoms with van der Waals surface area (Å²) in [5.74, 6) is 1.69. The third-order valence-corrected chi connectivity index (χ3v) is 4.24. The van der Waals surface area contributed by atoms with Gasteiger partial charge in [-0.15, -0.1) is 0 Å². The Hall–Kier alpha value is -2.60. The van der Waals surface area contributed by atoms with Crippen molar-refractivity contribution in [3.63, 3.8) is 0 Å². The maximum Gasteiger partial charge on any atom is 0.255 e. The summed E-state index contributed by atoms with van der Waals surface area (Å²) in [5, 5.41) is 6.23. The Bertz CT molecular complexity index is 714. The summed E-state index contributed by atoms with van der Waals surface area (Å²) in [6.45, 7) is 3.03. The quantitative estimate of drug-likeness (QED) is 0.687. The Kier molecular flexibility index (Phi) is 5.50. The number of rotatable bonds is 8. The molecule has 3 rings (SSSR count). The summed E-state index contributed by atoms with van der Waals surface area (Å²) < 4.78 is 5.44. The minimum atomic E-state index is -0.149. The number of pyridine rings is 1. The van der Waals surface area contributed by atoms with Gasteiger partial charge in [0.25, 0.3) is 5.91 Å². The number of amides is 1. The van der Waals surface area contributed by atoms with Crippen molar-refractivity contribution in [1.29, 1.82) is 0 Å². The molecule has 1 aromatic heterocycles. The fourth-order valence-corrected chi connectivity index (χ4v) is 2.74. The van der Waals surface area contributed by atoms with E-state index >= 15 is 0 Å². The molecule has 25 heavy (non-hydrogen) atoms. The van der Waals surface area contributed by atoms with Crippen LogP contribution in [0.5, 0.6) is 5.75 Å². The van der Waals surface area contributed by atoms with Crippen LogP contribution in [0.2, 0.25) is 0 Å². The zero-order valence-corrected chi connectivity index (χ0v) is 14.4. The molecular weight excluding hydrogens is 316 g/mol. The average molecular weight is 340 g/mol. The normalized spacial score (nSPS) is 14.6. The molecule has 1 aliphatic carbocycles. The van der Waals surface area contributed by atoms with E-state index in [0.717, 1.165) is 24.3 Å². The molecule has 4 N–H and O–H groups in total. The van der Waals surface area contributed by atoms with Crippen LogP contribution in [0.3, 0.4) is 0 Å². The van der Waals surface area contributed by atoms with Crippen LogP contribution < -0.4 is 21.1 Å². The molecule has 6 heteroatoms. The maximum absolute atomic E-state index is 12.6. The average Bonchev–Trinajstić information content (AvgIpc) is 3.47. The second-order valence-corrected chi connectivity index (χ2v) is 6.14. The maximum atomic E-state index is 12.6. The van der Waals surface area contributed by atoms with Crippen molar-refractivity contribution in [3.8, 4) is 5.75 Å². The van der Waals surface area contributed by atoms with Crippen LogP contribution in [0.25, 0.3) is 0 Å². The largest absolute Gasteiger partial charge is 0.494 e. The summed E-state index contributed by atoms with van der Waals surface area (Å²) in [7, 11) is 0. The van der Waals surface area contributed by atoms with Gasteiger partial charge in [0.1, 0.15) is 11.6 Å². The molecule has 0 radical (unpaired) electrons. The van der Waals surface area contributed by atoms with E-state index in [-0.39, 0.29) is 11.9 Å². The third kappa shape index (κ3) is 4.48. The molecule has 0 spiro atoms. The van der Waals surface area contributed by atoms with Crippen molar-refractivity contribution in [2.75, 3.05) is 18.5 Å². The Morgan fingerprint density at radius 3 is 2.72 bits per heavy atom. The minimum absolute atomic E-state index is 0.0334. The van der Waals surface area contributed by atoms with Crippen molar-refractivity contribution in [3.05, 3.63) is 48.2 Å². The lowest BCUT2D eigenvalue weighted by Gasteiger charge is -2.17. The molecule has 1 amide bonds. The van der Waals surface area contributed by atoms with Gasteiger partial charge in [0, 0.05) is 24.5 Å². The third-order valence-electron chi connectivity index (χ3n) is 4.24. The predicted molar refractivity (Wildman–Crippen MR) is 98.2 cm³/mol. The first-order valence-corrected chi connectivity index (χ1v) is 8.67. The van der Waals surface area contributed by atoms with E-state index in [1.54, 1.807) is 18.3 Å². The summed E-state index contributed by atoms with van der Waals surface area (Å²) in [6, 6.07) is 11.1. The number of ether oxygens (including phenoxy) is 1. The second-order valence-electron chi connectivity index (χ2n) is 6.14. The molecule has 6 nitrogen and oxygen atoms in total. The molecule has 1 unspecified atom stereocenters. The number of nitrogens with one attached hydrogen (secondary N) is 2. The lowest BCUT2D eigenvalue weighted by atomic mass is 10.1. The molecular formula is C19H24N4O2. The van der Waals surface area contributed by atoms with E-state index in [0.29, 0.717) is 30.5 Å². The van der Waals surface area contributed by atoms with Gasteiger partial charge in [-0.3, -0.25) is 4.79 Å². The lowest BCUT2D eigenvalue weighted by Crippen LogP contribution is -2.41. The molecule has 132 valence electrons. The standard InChI is InChI=1S/C19H24N4O2/c1-2-25-15-9-7-14(8-10-15)22-18-16(4-3-11-21-18)19(24)23-17(12-20)13-5-6-13/h3-4,7-11,13,17H,2,5-6,12,20H2,1H3,(H,21,22)(H,23,24). The summed E-state index contributed by atoms with van der Waals surface area (Å²) >= 11 is 0. The first-order valence-electron chi connectivity index (χ1n) is 8.67. The molecule has 0 bridgehead atoms. The number of carbonyl (C=O) groups excluding carboxylic acids is 1. The number of hydrogen-bond acceptors (Lipinski definition) is 5. The van der Waals surface area contributed by atoms with E-state index in [1.165, 1.54) is 0 Å². The molecule has 0 aliphatic heterocycles. The highest BCUT2D eigenvalue weighted by atomic mass is 16.5. The predicted octanol–water partition coefficient (Wildman–Crippen LogP) is 2.69. The number of aromatic nitrogens is 1. The van der Waals surface area contributed by atoms with Gasteiger partial charge >= 0.3 is 0 Å². The van der Waals surface area contributed by atoms with Crippen LogP contribution in [0, 0.1) is 5.92 Å². The van der Waals surface area contributed by atoms with Crippen LogP contribution in [0.15, 0.2) is 42.6 Å². The molecule has 1 aliphatic rings. The topological polar surface area (TPSA) is 89.3 Å². The van der Waals surface area contributed by atoms with Crippen LogP contribution in [0.4, 0.5) is 11.5 Å². The lowest BCUT2D eigenvalue weighted by molar-refractivity contribution is 0.0934. The first-order chi connectivity index (χ1) is 12.2. The van der Waals surface area contributed by atoms with E-state index in [2.05, 4.69) is 15.6 Å². The van der Waals surface area contributed by atoms with Crippen LogP contribution >= 0.6 is 0 Å². The summed E-state index contributed by atoms with van der Waals surface area (Å²) in [4.78, 5) is 16.9. The fourth-order valence-electron chi connectivity index (χ4n) is 2.74. The van der Waals surface area contributed by atoms with Gasteiger partial charge in [-0.2, -0.15) is 0 Å². The molecule has 0 saturated heterocycles. The van der Waals surface area contributed by atoms with Gasteiger partial charge in [-0.05, 0) is 62.1 Å². The zero-order valence-electron chi connectivity index (χ0n) is 14.4. The van der Waals surface area contributed by atoms with Crippen molar-refractivity contribution < 1.29 is 9.53 Å². The van der Waals surface area contributed by atoms with Crippen molar-refractivity contribution in [2.45, 2.75) is 25.8 Å². The van der Waals surface area contributed by atoms with Gasteiger partial charge in [-0.25, -0.2) is 4.98 Å². The van der Waals surface area contributed by atoms with Crippen LogP contribution in [0.1, 0.15) is 30.1 Å². The highest BCUT2D eigenvalue weighted by Crippen LogP contribution is 2.32. The van der Waals surface area contributed by atoms with Gasteiger partial charge in [0.15, 0.2) is 0 Å². The fraction of sp³-hybridized carbons (Fsp3) is 0.368. The zero-order chi connectivity index (χ0) is 17.6. The highest BCUT2D eigenvalue weighted by molar-refractivity contribution is 5.99. The summed E-state index contributed by atoms with van der Waals surface area (Å²) in [5.41, 5.74) is 7.13. The number of anilines is 2. The van der Waals surface area contributed by atoms with Gasteiger partial charge in [0.05, 0.1) is 12.2 Å². The van der Waals surface area contributed by atoms with Crippen molar-refractivity contribution in [2.24, 2.45) is 11.7 Å². The first kappa shape index (κ1) is 17.2. The minimum Gasteiger partial charge on any atom is -0.494 e. The van der Waals surface area contributed by atoms with E-state index in [4.69, 9.17) is 10.5 Å². The second kappa shape index (κ2) is 7.98. The smallest absolute Gasteiger partial charge is 0.255 e. The summed E-state index contributed by atoms with van der Waals surface area (Å²) in [6.07, 6.45) is 3.92. The monoisotopic (exact) mass is 340 g/mol. The number of carbonyl (C=O) groups is 1. The molecule has 1 atom stereocenters. The molecule has 1 aromatic carbocycles. The highest BCUT2D eigenvalue weighted by Gasteiger charge is 2.31. The van der Waals surface area contributed by atoms with Gasteiger partial charge in [-0.1, -0.05) is 0 Å². The van der Waals surface area contributed by atoms with Gasteiger partial charge < -0.3 is 21.1 Å². The SMILES string of the molecule is CCOc1ccc(Nc2ncccc2C(=O)NC(CN)C2CC2)cc1. The molecule has 1 heterocycles. The van der Waals surface area contributed by atoms with Crippen LogP contribution in [-0.2, 0) is 0 Å². The van der Waals surface area contributed by atoms with E-state index < -0.39 is 0 Å². The molecule has 1 saturated carbocycles. The number of benzene rings is 1. The number of hydrogen-bond donors (Lipinski definition) is 3. The van der Waals surface area contributed by atoms with Crippen LogP contribution in [-0.4, -0.2) is 30.1 Å². The Balaban J connectivity index is 1.72. The van der Waals surface area contributed by atoms with Crippen molar-refractivity contribution >= 4 is 17.4 Å². The number of nitrogens with zero attached hydrogens (tertiary/aromatic N) is 1. The van der Waals surface area contributed by atoms with E-state index in [9.17, 15) is 4.79 Å². The van der Waals surface area contributed by atoms with E-state index in [1.807, 2.05) is 31.2 Å². The van der Waals surface area contributed by atoms with Crippen molar-refractivity contribution in [1.82, 2.24) is 10.3 Å². The number of nitrogens with two attached hydrogens (primary N) is 1. The molecule has 2 aromatic rings.